The summed E-state index contributed by atoms with van der Waals surface area (Å²) in [6.45, 7) is 4.32. The molecule has 0 saturated carbocycles. The Labute approximate surface area is 167 Å². The van der Waals surface area contributed by atoms with Gasteiger partial charge in [-0.15, -0.1) is 0 Å². The second kappa shape index (κ2) is 8.31. The van der Waals surface area contributed by atoms with Gasteiger partial charge >= 0.3 is 0 Å². The molecule has 1 aliphatic rings. The predicted molar refractivity (Wildman–Crippen MR) is 111 cm³/mol. The van der Waals surface area contributed by atoms with Gasteiger partial charge in [0.05, 0.1) is 23.4 Å². The van der Waals surface area contributed by atoms with Crippen LogP contribution in [0.1, 0.15) is 30.1 Å². The zero-order chi connectivity index (χ0) is 18.7. The van der Waals surface area contributed by atoms with Crippen molar-refractivity contribution in [3.05, 3.63) is 51.5 Å². The number of piperidine rings is 1. The van der Waals surface area contributed by atoms with Gasteiger partial charge in [0.25, 0.3) is 5.91 Å². The average molecular weight is 438 g/mol. The van der Waals surface area contributed by atoms with Crippen molar-refractivity contribution in [3.63, 3.8) is 0 Å². The van der Waals surface area contributed by atoms with Crippen LogP contribution >= 0.6 is 27.5 Å². The molecule has 4 nitrogen and oxygen atoms in total. The first kappa shape index (κ1) is 19.1. The van der Waals surface area contributed by atoms with Gasteiger partial charge in [0, 0.05) is 23.2 Å². The Kier molecular flexibility index (Phi) is 6.09. The number of ether oxygens (including phenoxy) is 1. The van der Waals surface area contributed by atoms with Crippen LogP contribution < -0.4 is 15.0 Å². The number of rotatable bonds is 4. The summed E-state index contributed by atoms with van der Waals surface area (Å²) in [5, 5.41) is 3.55. The monoisotopic (exact) mass is 436 g/mol. The Hall–Kier alpha value is -1.72. The van der Waals surface area contributed by atoms with Crippen LogP contribution in [0.25, 0.3) is 0 Å². The number of hydrogen-bond acceptors (Lipinski definition) is 3. The van der Waals surface area contributed by atoms with Crippen molar-refractivity contribution >= 4 is 44.8 Å². The first-order valence-corrected chi connectivity index (χ1v) is 9.84. The van der Waals surface area contributed by atoms with Gasteiger partial charge in [-0.25, -0.2) is 0 Å². The first-order chi connectivity index (χ1) is 12.5. The molecule has 0 aromatic heterocycles. The zero-order valence-corrected chi connectivity index (χ0v) is 17.2. The summed E-state index contributed by atoms with van der Waals surface area (Å²) in [5.74, 6) is 1.05. The van der Waals surface area contributed by atoms with Crippen LogP contribution in [0.15, 0.2) is 40.9 Å². The lowest BCUT2D eigenvalue weighted by atomic mass is 9.99. The average Bonchev–Trinajstić information content (AvgIpc) is 2.63. The highest BCUT2D eigenvalue weighted by atomic mass is 79.9. The summed E-state index contributed by atoms with van der Waals surface area (Å²) in [6.07, 6.45) is 2.36. The van der Waals surface area contributed by atoms with E-state index in [0.29, 0.717) is 22.0 Å². The Morgan fingerprint density at radius 1 is 1.23 bits per heavy atom. The number of hydrogen-bond donors (Lipinski definition) is 1. The number of carbonyl (C=O) groups excluding carboxylic acids is 1. The van der Waals surface area contributed by atoms with Crippen molar-refractivity contribution in [2.45, 2.75) is 19.8 Å². The van der Waals surface area contributed by atoms with E-state index in [9.17, 15) is 4.79 Å². The van der Waals surface area contributed by atoms with Gasteiger partial charge in [-0.1, -0.05) is 34.5 Å². The molecule has 1 heterocycles. The lowest BCUT2D eigenvalue weighted by Crippen LogP contribution is -2.32. The lowest BCUT2D eigenvalue weighted by molar-refractivity contribution is 0.102. The van der Waals surface area contributed by atoms with Crippen molar-refractivity contribution in [1.29, 1.82) is 0 Å². The molecule has 1 aliphatic heterocycles. The van der Waals surface area contributed by atoms with Crippen molar-refractivity contribution in [2.24, 2.45) is 5.92 Å². The summed E-state index contributed by atoms with van der Waals surface area (Å²) in [6, 6.07) is 11.0. The molecule has 138 valence electrons. The molecule has 26 heavy (non-hydrogen) atoms. The molecule has 0 aliphatic carbocycles. The standard InChI is InChI=1S/C20H22BrClN2O2/c1-13-7-9-24(10-8-13)18-5-4-15(12-17(18)22)23-20(25)16-11-14(21)3-6-19(16)26-2/h3-6,11-13H,7-10H2,1-2H3,(H,23,25). The normalized spacial score (nSPS) is 15.0. The van der Waals surface area contributed by atoms with Crippen LogP contribution in [0, 0.1) is 5.92 Å². The van der Waals surface area contributed by atoms with Crippen LogP contribution in [0.3, 0.4) is 0 Å². The molecule has 0 unspecified atom stereocenters. The largest absolute Gasteiger partial charge is 0.496 e. The van der Waals surface area contributed by atoms with E-state index in [1.54, 1.807) is 25.3 Å². The van der Waals surface area contributed by atoms with Crippen LogP contribution in [0.4, 0.5) is 11.4 Å². The fourth-order valence-corrected chi connectivity index (χ4v) is 3.81. The van der Waals surface area contributed by atoms with E-state index in [1.165, 1.54) is 12.8 Å². The molecule has 2 aromatic carbocycles. The number of nitrogens with one attached hydrogen (secondary N) is 1. The molecule has 1 saturated heterocycles. The highest BCUT2D eigenvalue weighted by Gasteiger charge is 2.19. The molecule has 3 rings (SSSR count). The molecule has 0 bridgehead atoms. The second-order valence-electron chi connectivity index (χ2n) is 6.63. The van der Waals surface area contributed by atoms with Gasteiger partial charge in [-0.3, -0.25) is 4.79 Å². The highest BCUT2D eigenvalue weighted by Crippen LogP contribution is 2.32. The third-order valence-corrected chi connectivity index (χ3v) is 5.53. The minimum absolute atomic E-state index is 0.237. The van der Waals surface area contributed by atoms with E-state index in [1.807, 2.05) is 18.2 Å². The maximum absolute atomic E-state index is 12.6. The van der Waals surface area contributed by atoms with Gasteiger partial charge in [0.15, 0.2) is 0 Å². The molecule has 2 aromatic rings. The Bertz CT molecular complexity index is 804. The summed E-state index contributed by atoms with van der Waals surface area (Å²) in [7, 11) is 1.55. The van der Waals surface area contributed by atoms with Gasteiger partial charge in [0.1, 0.15) is 5.75 Å². The number of nitrogens with zero attached hydrogens (tertiary/aromatic N) is 1. The van der Waals surface area contributed by atoms with Gasteiger partial charge in [-0.2, -0.15) is 0 Å². The van der Waals surface area contributed by atoms with Crippen molar-refractivity contribution in [1.82, 2.24) is 0 Å². The summed E-state index contributed by atoms with van der Waals surface area (Å²) >= 11 is 9.87. The van der Waals surface area contributed by atoms with E-state index in [0.717, 1.165) is 29.2 Å². The lowest BCUT2D eigenvalue weighted by Gasteiger charge is -2.32. The molecule has 0 radical (unpaired) electrons. The van der Waals surface area contributed by atoms with E-state index in [2.05, 4.69) is 33.1 Å². The van der Waals surface area contributed by atoms with Crippen molar-refractivity contribution in [2.75, 3.05) is 30.4 Å². The highest BCUT2D eigenvalue weighted by molar-refractivity contribution is 9.10. The summed E-state index contributed by atoms with van der Waals surface area (Å²) in [4.78, 5) is 14.9. The topological polar surface area (TPSA) is 41.6 Å². The van der Waals surface area contributed by atoms with Crippen molar-refractivity contribution < 1.29 is 9.53 Å². The van der Waals surface area contributed by atoms with Crippen LogP contribution in [0.5, 0.6) is 5.75 Å². The van der Waals surface area contributed by atoms with Crippen LogP contribution in [0.2, 0.25) is 5.02 Å². The molecule has 1 fully saturated rings. The minimum Gasteiger partial charge on any atom is -0.496 e. The number of amides is 1. The summed E-state index contributed by atoms with van der Waals surface area (Å²) in [5.41, 5.74) is 2.15. The third kappa shape index (κ3) is 4.33. The second-order valence-corrected chi connectivity index (χ2v) is 7.96. The quantitative estimate of drug-likeness (QED) is 0.677. The number of anilines is 2. The minimum atomic E-state index is -0.237. The molecular weight excluding hydrogens is 416 g/mol. The fourth-order valence-electron chi connectivity index (χ4n) is 3.15. The maximum Gasteiger partial charge on any atom is 0.259 e. The Balaban J connectivity index is 1.76. The Morgan fingerprint density at radius 3 is 2.62 bits per heavy atom. The first-order valence-electron chi connectivity index (χ1n) is 8.67. The smallest absolute Gasteiger partial charge is 0.259 e. The van der Waals surface area contributed by atoms with Crippen LogP contribution in [-0.4, -0.2) is 26.1 Å². The number of halogens is 2. The van der Waals surface area contributed by atoms with E-state index >= 15 is 0 Å². The summed E-state index contributed by atoms with van der Waals surface area (Å²) < 4.78 is 6.09. The number of benzene rings is 2. The van der Waals surface area contributed by atoms with Gasteiger partial charge in [-0.05, 0) is 55.2 Å². The number of carbonyl (C=O) groups is 1. The molecule has 1 N–H and O–H groups in total. The molecule has 0 atom stereocenters. The third-order valence-electron chi connectivity index (χ3n) is 4.74. The van der Waals surface area contributed by atoms with E-state index < -0.39 is 0 Å². The maximum atomic E-state index is 12.6. The zero-order valence-electron chi connectivity index (χ0n) is 14.9. The van der Waals surface area contributed by atoms with E-state index in [4.69, 9.17) is 16.3 Å². The predicted octanol–water partition coefficient (Wildman–Crippen LogP) is 5.60. The van der Waals surface area contributed by atoms with Gasteiger partial charge in [0.2, 0.25) is 0 Å². The van der Waals surface area contributed by atoms with Crippen molar-refractivity contribution in [3.8, 4) is 5.75 Å². The van der Waals surface area contributed by atoms with Gasteiger partial charge < -0.3 is 15.0 Å². The molecule has 0 spiro atoms. The SMILES string of the molecule is COc1ccc(Br)cc1C(=O)Nc1ccc(N2CCC(C)CC2)c(Cl)c1. The molecular formula is C20H22BrClN2O2. The fraction of sp³-hybridized carbons (Fsp3) is 0.350. The number of methoxy groups -OCH3 is 1. The molecule has 6 heteroatoms. The Morgan fingerprint density at radius 2 is 1.96 bits per heavy atom. The van der Waals surface area contributed by atoms with Crippen LogP contribution in [-0.2, 0) is 0 Å². The van der Waals surface area contributed by atoms with E-state index in [-0.39, 0.29) is 5.91 Å². The molecule has 1 amide bonds.